The van der Waals surface area contributed by atoms with Crippen molar-refractivity contribution in [1.29, 1.82) is 0 Å². The molecule has 3 fully saturated rings. The van der Waals surface area contributed by atoms with Crippen molar-refractivity contribution >= 4 is 28.5 Å². The highest BCUT2D eigenvalue weighted by Gasteiger charge is 2.55. The summed E-state index contributed by atoms with van der Waals surface area (Å²) in [5, 5.41) is 4.97. The third kappa shape index (κ3) is 3.75. The minimum absolute atomic E-state index is 0.0151. The zero-order chi connectivity index (χ0) is 21.7. The van der Waals surface area contributed by atoms with Crippen LogP contribution in [-0.4, -0.2) is 44.4 Å². The summed E-state index contributed by atoms with van der Waals surface area (Å²) in [6.45, 7) is 2.28. The lowest BCUT2D eigenvalue weighted by Crippen LogP contribution is -2.45. The maximum Gasteiger partial charge on any atom is 0.269 e. The number of likely N-dealkylation sites (tertiary alicyclic amines) is 1. The number of nitrogens with two attached hydrogens (primary N) is 1. The number of benzene rings is 1. The van der Waals surface area contributed by atoms with Crippen molar-refractivity contribution in [2.75, 3.05) is 0 Å². The zero-order valence-electron chi connectivity index (χ0n) is 18.0. The van der Waals surface area contributed by atoms with Crippen LogP contribution in [0.3, 0.4) is 0 Å². The molecule has 2 saturated carbocycles. The molecular weight excluding hydrogens is 392 g/mol. The lowest BCUT2D eigenvalue weighted by Gasteiger charge is -2.30. The van der Waals surface area contributed by atoms with Gasteiger partial charge in [0.1, 0.15) is 6.54 Å². The van der Waals surface area contributed by atoms with E-state index < -0.39 is 5.91 Å². The van der Waals surface area contributed by atoms with Gasteiger partial charge in [0, 0.05) is 17.8 Å². The predicted octanol–water partition coefficient (Wildman–Crippen LogP) is 2.91. The average Bonchev–Trinajstić information content (AvgIpc) is 3.24. The summed E-state index contributed by atoms with van der Waals surface area (Å²) in [6, 6.07) is 7.17. The Kier molecular flexibility index (Phi) is 5.07. The number of para-hydroxylation sites is 1. The molecule has 0 unspecified atom stereocenters. The van der Waals surface area contributed by atoms with Gasteiger partial charge in [-0.05, 0) is 43.1 Å². The van der Waals surface area contributed by atoms with Crippen LogP contribution in [0.4, 0.5) is 0 Å². The second-order valence-corrected chi connectivity index (χ2v) is 9.81. The van der Waals surface area contributed by atoms with Gasteiger partial charge in [-0.1, -0.05) is 44.4 Å². The third-order valence-electron chi connectivity index (χ3n) is 7.48. The number of nitrogens with zero attached hydrogens (tertiary/aromatic N) is 3. The highest BCUT2D eigenvalue weighted by atomic mass is 16.2. The van der Waals surface area contributed by atoms with E-state index in [-0.39, 0.29) is 36.0 Å². The lowest BCUT2D eigenvalue weighted by molar-refractivity contribution is -0.140. The molecule has 0 spiro atoms. The first-order valence-electron chi connectivity index (χ1n) is 11.5. The van der Waals surface area contributed by atoms with Gasteiger partial charge in [0.2, 0.25) is 5.91 Å². The van der Waals surface area contributed by atoms with Gasteiger partial charge < -0.3 is 10.6 Å². The van der Waals surface area contributed by atoms with Crippen LogP contribution in [0.5, 0.6) is 0 Å². The van der Waals surface area contributed by atoms with Gasteiger partial charge in [-0.3, -0.25) is 19.1 Å². The van der Waals surface area contributed by atoms with Gasteiger partial charge in [0.15, 0.2) is 11.5 Å². The van der Waals surface area contributed by atoms with Crippen molar-refractivity contribution in [3.05, 3.63) is 30.0 Å². The van der Waals surface area contributed by atoms with Crippen LogP contribution in [0.1, 0.15) is 62.4 Å². The number of hydrogen-bond donors (Lipinski definition) is 1. The third-order valence-corrected chi connectivity index (χ3v) is 7.48. The second kappa shape index (κ2) is 7.77. The van der Waals surface area contributed by atoms with Gasteiger partial charge >= 0.3 is 0 Å². The molecule has 2 heterocycles. The van der Waals surface area contributed by atoms with Crippen LogP contribution in [0, 0.1) is 17.8 Å². The zero-order valence-corrected chi connectivity index (χ0v) is 18.0. The highest BCUT2D eigenvalue weighted by Crippen LogP contribution is 2.48. The van der Waals surface area contributed by atoms with E-state index >= 15 is 0 Å². The number of ketones is 1. The Morgan fingerprint density at radius 3 is 2.71 bits per heavy atom. The van der Waals surface area contributed by atoms with E-state index in [9.17, 15) is 14.4 Å². The molecule has 2 aromatic rings. The van der Waals surface area contributed by atoms with E-state index in [1.165, 1.54) is 12.8 Å². The fourth-order valence-electron chi connectivity index (χ4n) is 5.91. The van der Waals surface area contributed by atoms with Crippen LogP contribution in [-0.2, 0) is 16.1 Å². The number of rotatable bonds is 6. The normalized spacial score (nSPS) is 29.7. The highest BCUT2D eigenvalue weighted by molar-refractivity contribution is 6.04. The Morgan fingerprint density at radius 1 is 1.13 bits per heavy atom. The fourth-order valence-corrected chi connectivity index (χ4v) is 5.91. The SMILES string of the molecule is C[C@@H]1CCC[C@H](CC(=O)[C@@H]2C[C@H]3C[C@H]3N2C(=O)Cn2nc(C(N)=O)c3ccccc32)C1. The summed E-state index contributed by atoms with van der Waals surface area (Å²) >= 11 is 0. The van der Waals surface area contributed by atoms with Crippen LogP contribution < -0.4 is 5.73 Å². The van der Waals surface area contributed by atoms with Crippen molar-refractivity contribution in [3.8, 4) is 0 Å². The maximum absolute atomic E-state index is 13.3. The van der Waals surface area contributed by atoms with E-state index in [1.54, 1.807) is 10.7 Å². The Balaban J connectivity index is 1.33. The molecule has 0 bridgehead atoms. The van der Waals surface area contributed by atoms with Crippen molar-refractivity contribution in [3.63, 3.8) is 0 Å². The Labute approximate surface area is 181 Å². The molecule has 164 valence electrons. The van der Waals surface area contributed by atoms with Gasteiger partial charge in [-0.15, -0.1) is 0 Å². The summed E-state index contributed by atoms with van der Waals surface area (Å²) in [7, 11) is 0. The van der Waals surface area contributed by atoms with Crippen LogP contribution in [0.2, 0.25) is 0 Å². The molecule has 3 aliphatic rings. The first-order chi connectivity index (χ1) is 14.9. The van der Waals surface area contributed by atoms with Crippen LogP contribution in [0.15, 0.2) is 24.3 Å². The van der Waals surface area contributed by atoms with Gasteiger partial charge in [0.25, 0.3) is 5.91 Å². The summed E-state index contributed by atoms with van der Waals surface area (Å²) < 4.78 is 1.55. The topological polar surface area (TPSA) is 98.3 Å². The molecule has 1 aromatic heterocycles. The molecular formula is C24H30N4O3. The Hall–Kier alpha value is -2.70. The van der Waals surface area contributed by atoms with E-state index in [0.29, 0.717) is 35.1 Å². The second-order valence-electron chi connectivity index (χ2n) is 9.81. The maximum atomic E-state index is 13.3. The molecule has 2 amide bonds. The van der Waals surface area contributed by atoms with Crippen molar-refractivity contribution in [2.24, 2.45) is 23.5 Å². The van der Waals surface area contributed by atoms with Crippen molar-refractivity contribution < 1.29 is 14.4 Å². The first-order valence-corrected chi connectivity index (χ1v) is 11.5. The van der Waals surface area contributed by atoms with Crippen LogP contribution in [0.25, 0.3) is 10.9 Å². The van der Waals surface area contributed by atoms with Gasteiger partial charge in [-0.2, -0.15) is 5.10 Å². The van der Waals surface area contributed by atoms with E-state index in [2.05, 4.69) is 12.0 Å². The number of piperidine rings is 1. The number of fused-ring (bicyclic) bond motifs is 2. The molecule has 7 nitrogen and oxygen atoms in total. The predicted molar refractivity (Wildman–Crippen MR) is 116 cm³/mol. The summed E-state index contributed by atoms with van der Waals surface area (Å²) in [5.41, 5.74) is 6.36. The summed E-state index contributed by atoms with van der Waals surface area (Å²) in [4.78, 5) is 40.1. The number of carbonyl (C=O) groups excluding carboxylic acids is 3. The Bertz CT molecular complexity index is 1040. The molecule has 7 heteroatoms. The summed E-state index contributed by atoms with van der Waals surface area (Å²) in [6.07, 6.45) is 7.08. The monoisotopic (exact) mass is 422 g/mol. The largest absolute Gasteiger partial charge is 0.364 e. The average molecular weight is 423 g/mol. The lowest BCUT2D eigenvalue weighted by atomic mass is 9.79. The minimum Gasteiger partial charge on any atom is -0.364 e. The molecule has 31 heavy (non-hydrogen) atoms. The smallest absolute Gasteiger partial charge is 0.269 e. The molecule has 5 atom stereocenters. The molecule has 1 aromatic carbocycles. The number of hydrogen-bond acceptors (Lipinski definition) is 4. The fraction of sp³-hybridized carbons (Fsp3) is 0.583. The molecule has 2 aliphatic carbocycles. The number of carbonyl (C=O) groups is 3. The van der Waals surface area contributed by atoms with Gasteiger partial charge in [-0.25, -0.2) is 0 Å². The summed E-state index contributed by atoms with van der Waals surface area (Å²) in [5.74, 6) is 1.12. The molecule has 5 rings (SSSR count). The Morgan fingerprint density at radius 2 is 1.94 bits per heavy atom. The van der Waals surface area contributed by atoms with Crippen molar-refractivity contribution in [2.45, 2.75) is 70.5 Å². The molecule has 2 N–H and O–H groups in total. The molecule has 0 radical (unpaired) electrons. The van der Waals surface area contributed by atoms with Crippen LogP contribution >= 0.6 is 0 Å². The quantitative estimate of drug-likeness (QED) is 0.774. The first kappa shape index (κ1) is 20.2. The molecule has 1 saturated heterocycles. The van der Waals surface area contributed by atoms with E-state index in [4.69, 9.17) is 5.73 Å². The van der Waals surface area contributed by atoms with Gasteiger partial charge in [0.05, 0.1) is 11.6 Å². The molecule has 1 aliphatic heterocycles. The van der Waals surface area contributed by atoms with E-state index in [1.807, 2.05) is 23.1 Å². The minimum atomic E-state index is -0.611. The number of primary amides is 1. The van der Waals surface area contributed by atoms with Crippen molar-refractivity contribution in [1.82, 2.24) is 14.7 Å². The number of Topliss-reactive ketones (excluding diaryl/α,β-unsaturated/α-hetero) is 1. The number of aromatic nitrogens is 2. The standard InChI is InChI=1S/C24H30N4O3/c1-14-5-4-6-15(9-14)10-21(29)20-12-16-11-19(16)28(20)22(30)13-27-18-8-3-2-7-17(18)23(26-27)24(25)31/h2-3,7-8,14-16,19-20H,4-6,9-13H2,1H3,(H2,25,31)/t14-,15+,16-,19-,20+/m1/s1. The van der Waals surface area contributed by atoms with E-state index in [0.717, 1.165) is 25.7 Å². The number of amides is 2.